The van der Waals surface area contributed by atoms with Crippen LogP contribution < -0.4 is 0 Å². The number of sulfone groups is 1. The highest BCUT2D eigenvalue weighted by molar-refractivity contribution is 7.92. The van der Waals surface area contributed by atoms with E-state index in [1.165, 1.54) is 13.8 Å². The SMILES string of the molecule is CC(C)(C(=O)CCl)S(C)(=O)=O. The molecular formula is C6H11ClO3S. The van der Waals surface area contributed by atoms with Gasteiger partial charge in [-0.2, -0.15) is 0 Å². The Morgan fingerprint density at radius 2 is 1.82 bits per heavy atom. The molecule has 0 aromatic rings. The van der Waals surface area contributed by atoms with Crippen LogP contribution in [0.3, 0.4) is 0 Å². The Balaban J connectivity index is 4.90. The van der Waals surface area contributed by atoms with E-state index in [0.717, 1.165) is 6.26 Å². The molecule has 66 valence electrons. The van der Waals surface area contributed by atoms with Crippen molar-refractivity contribution in [3.8, 4) is 0 Å². The third-order valence-electron chi connectivity index (χ3n) is 1.72. The van der Waals surface area contributed by atoms with Gasteiger partial charge in [-0.1, -0.05) is 0 Å². The molecule has 0 aromatic carbocycles. The van der Waals surface area contributed by atoms with E-state index in [2.05, 4.69) is 0 Å². The molecule has 0 fully saturated rings. The lowest BCUT2D eigenvalue weighted by atomic mass is 10.1. The van der Waals surface area contributed by atoms with E-state index in [1.54, 1.807) is 0 Å². The minimum Gasteiger partial charge on any atom is -0.297 e. The number of carbonyl (C=O) groups excluding carboxylic acids is 1. The fraction of sp³-hybridized carbons (Fsp3) is 0.833. The van der Waals surface area contributed by atoms with Crippen LogP contribution in [0.15, 0.2) is 0 Å². The standard InChI is InChI=1S/C6H11ClO3S/c1-6(2,5(8)4-7)11(3,9)10/h4H2,1-3H3. The van der Waals surface area contributed by atoms with E-state index in [1.807, 2.05) is 0 Å². The molecule has 0 saturated heterocycles. The van der Waals surface area contributed by atoms with Crippen molar-refractivity contribution in [1.82, 2.24) is 0 Å². The highest BCUT2D eigenvalue weighted by atomic mass is 35.5. The first-order chi connectivity index (χ1) is 4.73. The van der Waals surface area contributed by atoms with Gasteiger partial charge in [0.05, 0.1) is 5.88 Å². The molecular weight excluding hydrogens is 188 g/mol. The second kappa shape index (κ2) is 3.11. The van der Waals surface area contributed by atoms with Crippen molar-refractivity contribution < 1.29 is 13.2 Å². The van der Waals surface area contributed by atoms with E-state index < -0.39 is 20.4 Å². The topological polar surface area (TPSA) is 51.2 Å². The number of alkyl halides is 1. The highest BCUT2D eigenvalue weighted by Gasteiger charge is 2.37. The molecule has 0 spiro atoms. The monoisotopic (exact) mass is 198 g/mol. The minimum atomic E-state index is -3.35. The Kier molecular flexibility index (Phi) is 3.08. The normalized spacial score (nSPS) is 13.1. The van der Waals surface area contributed by atoms with Gasteiger partial charge in [0.25, 0.3) is 0 Å². The first-order valence-electron chi connectivity index (χ1n) is 3.02. The summed E-state index contributed by atoms with van der Waals surface area (Å²) in [5.74, 6) is -0.734. The van der Waals surface area contributed by atoms with Crippen LogP contribution in [0, 0.1) is 0 Å². The molecule has 0 radical (unpaired) electrons. The molecule has 0 amide bonds. The van der Waals surface area contributed by atoms with Crippen molar-refractivity contribution in [2.45, 2.75) is 18.6 Å². The summed E-state index contributed by atoms with van der Waals surface area (Å²) in [7, 11) is -3.35. The first kappa shape index (κ1) is 10.9. The molecule has 11 heavy (non-hydrogen) atoms. The Bertz CT molecular complexity index is 253. The van der Waals surface area contributed by atoms with Crippen LogP contribution in [0.5, 0.6) is 0 Å². The van der Waals surface area contributed by atoms with Gasteiger partial charge in [0.1, 0.15) is 4.75 Å². The van der Waals surface area contributed by atoms with Gasteiger partial charge >= 0.3 is 0 Å². The van der Waals surface area contributed by atoms with Crippen LogP contribution in [0.1, 0.15) is 13.8 Å². The van der Waals surface area contributed by atoms with Crippen LogP contribution in [0.25, 0.3) is 0 Å². The average Bonchev–Trinajstić information content (AvgIpc) is 1.83. The van der Waals surface area contributed by atoms with E-state index in [0.29, 0.717) is 0 Å². The number of Topliss-reactive ketones (excluding diaryl/α,β-unsaturated/α-hetero) is 1. The maximum Gasteiger partial charge on any atom is 0.168 e. The lowest BCUT2D eigenvalue weighted by Gasteiger charge is -2.18. The summed E-state index contributed by atoms with van der Waals surface area (Å²) in [5.41, 5.74) is 0. The minimum absolute atomic E-state index is 0.264. The molecule has 0 aromatic heterocycles. The molecule has 0 aliphatic rings. The number of halogens is 1. The van der Waals surface area contributed by atoms with E-state index in [9.17, 15) is 13.2 Å². The van der Waals surface area contributed by atoms with E-state index >= 15 is 0 Å². The van der Waals surface area contributed by atoms with Gasteiger partial charge in [-0.15, -0.1) is 11.6 Å². The predicted octanol–water partition coefficient (Wildman–Crippen LogP) is 0.618. The van der Waals surface area contributed by atoms with Crippen LogP contribution in [-0.4, -0.2) is 31.1 Å². The van der Waals surface area contributed by atoms with Gasteiger partial charge in [-0.25, -0.2) is 8.42 Å². The Morgan fingerprint density at radius 3 is 1.91 bits per heavy atom. The Morgan fingerprint density at radius 1 is 1.45 bits per heavy atom. The molecule has 0 rings (SSSR count). The van der Waals surface area contributed by atoms with Crippen molar-refractivity contribution >= 4 is 27.2 Å². The van der Waals surface area contributed by atoms with Crippen LogP contribution >= 0.6 is 11.6 Å². The molecule has 0 atom stereocenters. The lowest BCUT2D eigenvalue weighted by Crippen LogP contribution is -2.40. The van der Waals surface area contributed by atoms with Crippen molar-refractivity contribution in [1.29, 1.82) is 0 Å². The van der Waals surface area contributed by atoms with Gasteiger partial charge in [0.15, 0.2) is 15.6 Å². The summed E-state index contributed by atoms with van der Waals surface area (Å²) in [6, 6.07) is 0. The van der Waals surface area contributed by atoms with Crippen LogP contribution in [-0.2, 0) is 14.6 Å². The average molecular weight is 199 g/mol. The molecule has 5 heteroatoms. The summed E-state index contributed by atoms with van der Waals surface area (Å²) in [6.07, 6.45) is 1.03. The maximum atomic E-state index is 11.0. The number of hydrogen-bond acceptors (Lipinski definition) is 3. The lowest BCUT2D eigenvalue weighted by molar-refractivity contribution is -0.118. The van der Waals surface area contributed by atoms with Crippen LogP contribution in [0.4, 0.5) is 0 Å². The van der Waals surface area contributed by atoms with Gasteiger partial charge in [0.2, 0.25) is 0 Å². The summed E-state index contributed by atoms with van der Waals surface area (Å²) in [5, 5.41) is 0. The molecule has 0 saturated carbocycles. The molecule has 0 heterocycles. The zero-order valence-corrected chi connectivity index (χ0v) is 8.29. The first-order valence-corrected chi connectivity index (χ1v) is 5.45. The largest absolute Gasteiger partial charge is 0.297 e. The molecule has 3 nitrogen and oxygen atoms in total. The van der Waals surface area contributed by atoms with E-state index in [-0.39, 0.29) is 5.88 Å². The predicted molar refractivity (Wildman–Crippen MR) is 44.6 cm³/mol. The zero-order valence-electron chi connectivity index (χ0n) is 6.72. The molecule has 0 bridgehead atoms. The van der Waals surface area contributed by atoms with Gasteiger partial charge in [0, 0.05) is 6.26 Å². The summed E-state index contributed by atoms with van der Waals surface area (Å²) < 4.78 is 20.6. The summed E-state index contributed by atoms with van der Waals surface area (Å²) in [4.78, 5) is 11.0. The fourth-order valence-corrected chi connectivity index (χ4v) is 1.27. The maximum absolute atomic E-state index is 11.0. The summed E-state index contributed by atoms with van der Waals surface area (Å²) >= 11 is 5.23. The second-order valence-electron chi connectivity index (χ2n) is 2.84. The summed E-state index contributed by atoms with van der Waals surface area (Å²) in [6.45, 7) is 2.71. The van der Waals surface area contributed by atoms with Gasteiger partial charge in [-0.05, 0) is 13.8 Å². The quantitative estimate of drug-likeness (QED) is 0.625. The second-order valence-corrected chi connectivity index (χ2v) is 5.67. The van der Waals surface area contributed by atoms with Crippen LogP contribution in [0.2, 0.25) is 0 Å². The van der Waals surface area contributed by atoms with Gasteiger partial charge in [-0.3, -0.25) is 4.79 Å². The van der Waals surface area contributed by atoms with Gasteiger partial charge < -0.3 is 0 Å². The van der Waals surface area contributed by atoms with Crippen molar-refractivity contribution in [3.05, 3.63) is 0 Å². The Labute approximate surface area is 71.7 Å². The van der Waals surface area contributed by atoms with Crippen molar-refractivity contribution in [2.24, 2.45) is 0 Å². The molecule has 0 unspecified atom stereocenters. The van der Waals surface area contributed by atoms with Crippen molar-refractivity contribution in [3.63, 3.8) is 0 Å². The fourth-order valence-electron chi connectivity index (χ4n) is 0.368. The number of ketones is 1. The van der Waals surface area contributed by atoms with E-state index in [4.69, 9.17) is 11.6 Å². The third-order valence-corrected chi connectivity index (χ3v) is 4.04. The molecule has 0 aliphatic carbocycles. The third kappa shape index (κ3) is 2.17. The zero-order chi connectivity index (χ0) is 9.28. The molecule has 0 aliphatic heterocycles. The number of hydrogen-bond donors (Lipinski definition) is 0. The van der Waals surface area contributed by atoms with Crippen molar-refractivity contribution in [2.75, 3.05) is 12.1 Å². The molecule has 0 N–H and O–H groups in total. The highest BCUT2D eigenvalue weighted by Crippen LogP contribution is 2.16. The number of rotatable bonds is 3. The smallest absolute Gasteiger partial charge is 0.168 e. The number of carbonyl (C=O) groups is 1. The Hall–Kier alpha value is -0.0900.